The molecule has 3 amide bonds. The highest BCUT2D eigenvalue weighted by Gasteiger charge is 2.48. The summed E-state index contributed by atoms with van der Waals surface area (Å²) in [6.45, 7) is 4.28. The Morgan fingerprint density at radius 2 is 1.91 bits per heavy atom. The highest BCUT2D eigenvalue weighted by Crippen LogP contribution is 2.44. The normalized spacial score (nSPS) is 24.5. The van der Waals surface area contributed by atoms with Gasteiger partial charge < -0.3 is 25.0 Å². The number of urea groups is 1. The first-order chi connectivity index (χ1) is 21.1. The van der Waals surface area contributed by atoms with Gasteiger partial charge in [-0.25, -0.2) is 27.9 Å². The Kier molecular flexibility index (Phi) is 6.77. The highest BCUT2D eigenvalue weighted by molar-refractivity contribution is 6.08. The van der Waals surface area contributed by atoms with E-state index in [1.54, 1.807) is 24.0 Å². The number of pyridine rings is 2. The summed E-state index contributed by atoms with van der Waals surface area (Å²) in [5.41, 5.74) is -1.28. The monoisotopic (exact) mass is 608 g/mol. The van der Waals surface area contributed by atoms with E-state index in [0.29, 0.717) is 31.8 Å². The van der Waals surface area contributed by atoms with Crippen molar-refractivity contribution >= 4 is 23.6 Å². The number of aliphatic hydroxyl groups is 1. The summed E-state index contributed by atoms with van der Waals surface area (Å²) < 4.78 is 52.2. The number of amides is 3. The van der Waals surface area contributed by atoms with E-state index in [4.69, 9.17) is 4.74 Å². The number of carbonyl (C=O) groups is 2. The van der Waals surface area contributed by atoms with E-state index in [1.807, 2.05) is 4.90 Å². The molecule has 2 bridgehead atoms. The third kappa shape index (κ3) is 4.40. The molecule has 0 unspecified atom stereocenters. The zero-order chi connectivity index (χ0) is 30.9. The zero-order valence-electron chi connectivity index (χ0n) is 24.2. The van der Waals surface area contributed by atoms with Crippen LogP contribution in [-0.4, -0.2) is 87.8 Å². The van der Waals surface area contributed by atoms with Crippen LogP contribution in [0.25, 0.3) is 0 Å². The number of aromatic nitrogens is 2. The molecule has 3 fully saturated rings. The SMILES string of the molecule is Cc1c(F)ccc([C@@]2(C)CN(c3ccc(CO)cn3)C(=O)c3cnc(NC4CN(C(=O)N5C[C@@H]6C[C@H]5CO6)C4)c(F)c32)c1F. The van der Waals surface area contributed by atoms with Crippen LogP contribution in [0.2, 0.25) is 0 Å². The lowest BCUT2D eigenvalue weighted by atomic mass is 9.71. The summed E-state index contributed by atoms with van der Waals surface area (Å²) in [6, 6.07) is 5.29. The fraction of sp³-hybridized carbons (Fsp3) is 0.419. The number of halogens is 3. The summed E-state index contributed by atoms with van der Waals surface area (Å²) in [5.74, 6) is -2.87. The van der Waals surface area contributed by atoms with Gasteiger partial charge in [0.15, 0.2) is 11.6 Å². The lowest BCUT2D eigenvalue weighted by molar-refractivity contribution is 0.0303. The molecule has 230 valence electrons. The predicted octanol–water partition coefficient (Wildman–Crippen LogP) is 3.35. The maximum absolute atomic E-state index is 16.5. The number of hydrogen-bond donors (Lipinski definition) is 2. The van der Waals surface area contributed by atoms with Crippen LogP contribution >= 0.6 is 0 Å². The van der Waals surface area contributed by atoms with Gasteiger partial charge in [-0.1, -0.05) is 12.1 Å². The van der Waals surface area contributed by atoms with Gasteiger partial charge in [-0.3, -0.25) is 9.69 Å². The van der Waals surface area contributed by atoms with Gasteiger partial charge in [0.1, 0.15) is 17.5 Å². The number of nitrogens with zero attached hydrogens (tertiary/aromatic N) is 5. The van der Waals surface area contributed by atoms with Gasteiger partial charge >= 0.3 is 6.03 Å². The first-order valence-electron chi connectivity index (χ1n) is 14.5. The number of carbonyl (C=O) groups excluding carboxylic acids is 2. The summed E-state index contributed by atoms with van der Waals surface area (Å²) in [6.07, 6.45) is 3.61. The minimum atomic E-state index is -1.47. The number of nitrogens with one attached hydrogen (secondary N) is 1. The largest absolute Gasteiger partial charge is 0.392 e. The number of aliphatic hydroxyl groups excluding tert-OH is 1. The lowest BCUT2D eigenvalue weighted by Gasteiger charge is -2.44. The quantitative estimate of drug-likeness (QED) is 0.457. The van der Waals surface area contributed by atoms with Gasteiger partial charge in [-0.05, 0) is 38.0 Å². The molecule has 4 aliphatic rings. The second kappa shape index (κ2) is 10.4. The fourth-order valence-corrected chi connectivity index (χ4v) is 6.80. The van der Waals surface area contributed by atoms with Crippen molar-refractivity contribution in [1.29, 1.82) is 0 Å². The Morgan fingerprint density at radius 1 is 1.11 bits per heavy atom. The molecule has 0 spiro atoms. The van der Waals surface area contributed by atoms with Gasteiger partial charge in [0.2, 0.25) is 0 Å². The predicted molar refractivity (Wildman–Crippen MR) is 153 cm³/mol. The van der Waals surface area contributed by atoms with E-state index in [9.17, 15) is 19.1 Å². The minimum Gasteiger partial charge on any atom is -0.392 e. The van der Waals surface area contributed by atoms with Crippen LogP contribution < -0.4 is 10.2 Å². The number of anilines is 2. The van der Waals surface area contributed by atoms with Crippen molar-refractivity contribution in [3.05, 3.63) is 81.9 Å². The Labute approximate surface area is 251 Å². The standard InChI is InChI=1S/C31H31F3N6O4/c1-16-23(32)5-4-22(26(16)33)31(2)15-40(24-6-3-17(13-41)8-35-24)29(42)21-9-36-28(27(34)25(21)31)37-18-10-38(11-18)30(43)39-12-20-7-19(39)14-44-20/h3-6,8-9,18-20,41H,7,10-15H2,1-2H3,(H,36,37)/t19-,20-,31+/m0/s1. The van der Waals surface area contributed by atoms with Gasteiger partial charge in [-0.2, -0.15) is 0 Å². The molecular formula is C31H31F3N6O4. The maximum atomic E-state index is 16.5. The number of benzene rings is 1. The van der Waals surface area contributed by atoms with Gasteiger partial charge in [0.25, 0.3) is 5.91 Å². The number of rotatable bonds is 5. The van der Waals surface area contributed by atoms with Crippen molar-refractivity contribution in [3.63, 3.8) is 0 Å². The topological polar surface area (TPSA) is 111 Å². The molecule has 3 atom stereocenters. The third-order valence-electron chi connectivity index (χ3n) is 9.34. The number of fused-ring (bicyclic) bond motifs is 3. The summed E-state index contributed by atoms with van der Waals surface area (Å²) in [5, 5.41) is 12.5. The molecule has 10 nitrogen and oxygen atoms in total. The first kappa shape index (κ1) is 28.5. The molecule has 6 heterocycles. The third-order valence-corrected chi connectivity index (χ3v) is 9.34. The Balaban J connectivity index is 1.21. The van der Waals surface area contributed by atoms with Crippen molar-refractivity contribution in [3.8, 4) is 0 Å². The van der Waals surface area contributed by atoms with E-state index in [1.165, 1.54) is 30.3 Å². The van der Waals surface area contributed by atoms with E-state index >= 15 is 8.78 Å². The number of morpholine rings is 1. The van der Waals surface area contributed by atoms with Gasteiger partial charge in [0, 0.05) is 60.7 Å². The molecule has 0 saturated carbocycles. The molecule has 7 rings (SSSR count). The second-order valence-electron chi connectivity index (χ2n) is 12.2. The van der Waals surface area contributed by atoms with Crippen molar-refractivity contribution < 1.29 is 32.6 Å². The van der Waals surface area contributed by atoms with E-state index < -0.39 is 28.8 Å². The van der Waals surface area contributed by atoms with E-state index in [2.05, 4.69) is 15.3 Å². The van der Waals surface area contributed by atoms with Gasteiger partial charge in [-0.15, -0.1) is 0 Å². The van der Waals surface area contributed by atoms with Gasteiger partial charge in [0.05, 0.1) is 37.0 Å². The van der Waals surface area contributed by atoms with E-state index in [-0.39, 0.29) is 71.3 Å². The Bertz CT molecular complexity index is 1670. The molecule has 4 aliphatic heterocycles. The second-order valence-corrected chi connectivity index (χ2v) is 12.2. The Morgan fingerprint density at radius 3 is 2.57 bits per heavy atom. The Hall–Kier alpha value is -4.23. The fourth-order valence-electron chi connectivity index (χ4n) is 6.80. The smallest absolute Gasteiger partial charge is 0.320 e. The number of hydrogen-bond acceptors (Lipinski definition) is 7. The zero-order valence-corrected chi connectivity index (χ0v) is 24.2. The van der Waals surface area contributed by atoms with Crippen LogP contribution in [0.5, 0.6) is 0 Å². The van der Waals surface area contributed by atoms with Crippen LogP contribution in [0.4, 0.5) is 29.6 Å². The molecule has 13 heteroatoms. The molecule has 0 aliphatic carbocycles. The van der Waals surface area contributed by atoms with Crippen LogP contribution in [0.3, 0.4) is 0 Å². The molecule has 0 radical (unpaired) electrons. The van der Waals surface area contributed by atoms with Crippen LogP contribution in [0, 0.1) is 24.4 Å². The molecule has 2 aromatic heterocycles. The average Bonchev–Trinajstić information content (AvgIpc) is 3.64. The average molecular weight is 609 g/mol. The summed E-state index contributed by atoms with van der Waals surface area (Å²) in [4.78, 5) is 40.1. The summed E-state index contributed by atoms with van der Waals surface area (Å²) >= 11 is 0. The maximum Gasteiger partial charge on any atom is 0.320 e. The minimum absolute atomic E-state index is 0.0162. The molecule has 44 heavy (non-hydrogen) atoms. The van der Waals surface area contributed by atoms with Crippen molar-refractivity contribution in [2.45, 2.75) is 50.5 Å². The molecule has 3 saturated heterocycles. The van der Waals surface area contributed by atoms with E-state index in [0.717, 1.165) is 12.5 Å². The van der Waals surface area contributed by atoms with Crippen LogP contribution in [-0.2, 0) is 16.8 Å². The van der Waals surface area contributed by atoms with Crippen LogP contribution in [0.15, 0.2) is 36.7 Å². The molecular weight excluding hydrogens is 577 g/mol. The first-order valence-corrected chi connectivity index (χ1v) is 14.5. The van der Waals surface area contributed by atoms with Crippen LogP contribution in [0.1, 0.15) is 46.0 Å². The number of ether oxygens (including phenoxy) is 1. The molecule has 2 N–H and O–H groups in total. The lowest BCUT2D eigenvalue weighted by Crippen LogP contribution is -2.61. The summed E-state index contributed by atoms with van der Waals surface area (Å²) in [7, 11) is 0. The highest BCUT2D eigenvalue weighted by atomic mass is 19.1. The molecule has 3 aromatic rings. The van der Waals surface area contributed by atoms with Crippen molar-refractivity contribution in [1.82, 2.24) is 19.8 Å². The van der Waals surface area contributed by atoms with Crippen molar-refractivity contribution in [2.24, 2.45) is 0 Å². The van der Waals surface area contributed by atoms with Crippen molar-refractivity contribution in [2.75, 3.05) is 43.0 Å². The molecule has 1 aromatic carbocycles. The number of likely N-dealkylation sites (tertiary alicyclic amines) is 2.